The molecule has 0 aromatic carbocycles. The first-order chi connectivity index (χ1) is 11.4. The van der Waals surface area contributed by atoms with Crippen LogP contribution in [0.4, 0.5) is 0 Å². The Hall–Kier alpha value is -1.46. The van der Waals surface area contributed by atoms with Gasteiger partial charge in [-0.05, 0) is 26.7 Å². The molecule has 0 saturated carbocycles. The number of rotatable bonds is 4. The highest BCUT2D eigenvalue weighted by Crippen LogP contribution is 2.19. The number of nitrogens with one attached hydrogen (secondary N) is 1. The van der Waals surface area contributed by atoms with Crippen LogP contribution in [0.25, 0.3) is 0 Å². The van der Waals surface area contributed by atoms with E-state index in [1.807, 2.05) is 0 Å². The molecule has 1 aromatic heterocycles. The maximum absolute atomic E-state index is 12.6. The summed E-state index contributed by atoms with van der Waals surface area (Å²) in [5, 5.41) is 3.61. The van der Waals surface area contributed by atoms with Gasteiger partial charge >= 0.3 is 0 Å². The monoisotopic (exact) mass is 393 g/mol. The van der Waals surface area contributed by atoms with E-state index in [1.165, 1.54) is 25.7 Å². The number of hydrogen-bond acceptors (Lipinski definition) is 7. The lowest BCUT2D eigenvalue weighted by molar-refractivity contribution is -0.132. The summed E-state index contributed by atoms with van der Waals surface area (Å²) in [6, 6.07) is -1.04. The van der Waals surface area contributed by atoms with Gasteiger partial charge in [-0.25, -0.2) is 16.8 Å². The minimum absolute atomic E-state index is 0.0238. The maximum Gasteiger partial charge on any atom is 0.246 e. The molecule has 1 unspecified atom stereocenters. The molecule has 25 heavy (non-hydrogen) atoms. The van der Waals surface area contributed by atoms with Crippen LogP contribution in [0.3, 0.4) is 0 Å². The number of amides is 1. The van der Waals surface area contributed by atoms with Gasteiger partial charge in [0.15, 0.2) is 15.6 Å². The van der Waals surface area contributed by atoms with Gasteiger partial charge in [0.1, 0.15) is 10.6 Å². The van der Waals surface area contributed by atoms with E-state index in [2.05, 4.69) is 9.88 Å². The summed E-state index contributed by atoms with van der Waals surface area (Å²) >= 11 is 0. The topological polar surface area (TPSA) is 127 Å². The van der Waals surface area contributed by atoms with Crippen LogP contribution in [0, 0.1) is 19.8 Å². The first-order valence-corrected chi connectivity index (χ1v) is 11.2. The number of sulfone groups is 1. The van der Waals surface area contributed by atoms with Crippen molar-refractivity contribution in [1.29, 1.82) is 0 Å². The van der Waals surface area contributed by atoms with Gasteiger partial charge in [0.2, 0.25) is 15.9 Å². The quantitative estimate of drug-likeness (QED) is 0.754. The second kappa shape index (κ2) is 7.04. The third kappa shape index (κ3) is 4.59. The van der Waals surface area contributed by atoms with Crippen LogP contribution in [0.15, 0.2) is 9.42 Å². The molecule has 11 heteroatoms. The first kappa shape index (κ1) is 19.9. The van der Waals surface area contributed by atoms with Crippen molar-refractivity contribution in [3.05, 3.63) is 11.5 Å². The van der Waals surface area contributed by atoms with Crippen LogP contribution in [-0.4, -0.2) is 63.4 Å². The van der Waals surface area contributed by atoms with E-state index in [0.717, 1.165) is 0 Å². The van der Waals surface area contributed by atoms with E-state index < -0.39 is 31.8 Å². The predicted molar refractivity (Wildman–Crippen MR) is 90.2 cm³/mol. The van der Waals surface area contributed by atoms with Crippen molar-refractivity contribution in [1.82, 2.24) is 14.8 Å². The molecule has 1 aliphatic rings. The fraction of sp³-hybridized carbons (Fsp3) is 0.714. The highest BCUT2D eigenvalue weighted by Gasteiger charge is 2.32. The summed E-state index contributed by atoms with van der Waals surface area (Å²) in [7, 11) is -7.17. The standard InChI is InChI=1S/C14H23N3O6S2/c1-9-7-17(5-6-24(19,20)8-9)14(18)11(3)16-25(21,22)13-10(2)15-23-12(13)4/h9,11,16H,5-8H2,1-4H3/t9?,11-/m0/s1. The summed E-state index contributed by atoms with van der Waals surface area (Å²) in [6.45, 7) is 6.49. The summed E-state index contributed by atoms with van der Waals surface area (Å²) < 4.78 is 55.8. The van der Waals surface area contributed by atoms with Crippen molar-refractivity contribution in [2.75, 3.05) is 24.6 Å². The number of aryl methyl sites for hydroxylation is 2. The van der Waals surface area contributed by atoms with Crippen LogP contribution in [-0.2, 0) is 24.7 Å². The molecule has 0 spiro atoms. The van der Waals surface area contributed by atoms with Gasteiger partial charge in [-0.3, -0.25) is 4.79 Å². The van der Waals surface area contributed by atoms with Crippen molar-refractivity contribution in [3.8, 4) is 0 Å². The van der Waals surface area contributed by atoms with Gasteiger partial charge in [0.05, 0.1) is 17.5 Å². The van der Waals surface area contributed by atoms with Gasteiger partial charge < -0.3 is 9.42 Å². The molecule has 1 aromatic rings. The number of carbonyl (C=O) groups excluding carboxylic acids is 1. The molecule has 2 rings (SSSR count). The van der Waals surface area contributed by atoms with Crippen LogP contribution in [0.1, 0.15) is 25.3 Å². The minimum Gasteiger partial charge on any atom is -0.360 e. The van der Waals surface area contributed by atoms with Crippen LogP contribution >= 0.6 is 0 Å². The lowest BCUT2D eigenvalue weighted by Gasteiger charge is -2.25. The zero-order chi connectivity index (χ0) is 19.0. The Labute approximate surface area is 147 Å². The third-order valence-corrected chi connectivity index (χ3v) is 7.66. The molecule has 1 fully saturated rings. The highest BCUT2D eigenvalue weighted by atomic mass is 32.2. The molecule has 0 aliphatic carbocycles. The molecular weight excluding hydrogens is 370 g/mol. The molecule has 1 aliphatic heterocycles. The predicted octanol–water partition coefficient (Wildman–Crippen LogP) is -0.149. The van der Waals surface area contributed by atoms with Crippen molar-refractivity contribution in [2.24, 2.45) is 5.92 Å². The Morgan fingerprint density at radius 2 is 2.04 bits per heavy atom. The molecule has 1 saturated heterocycles. The van der Waals surface area contributed by atoms with Gasteiger partial charge in [-0.15, -0.1) is 0 Å². The second-order valence-electron chi connectivity index (χ2n) is 6.50. The maximum atomic E-state index is 12.6. The fourth-order valence-electron chi connectivity index (χ4n) is 2.96. The molecule has 0 bridgehead atoms. The summed E-state index contributed by atoms with van der Waals surface area (Å²) in [5.41, 5.74) is 0.208. The Morgan fingerprint density at radius 1 is 1.40 bits per heavy atom. The number of nitrogens with zero attached hydrogens (tertiary/aromatic N) is 2. The molecule has 2 heterocycles. The van der Waals surface area contributed by atoms with Crippen LogP contribution in [0.2, 0.25) is 0 Å². The van der Waals surface area contributed by atoms with Gasteiger partial charge in [0, 0.05) is 13.1 Å². The fourth-order valence-corrected chi connectivity index (χ4v) is 6.12. The number of aromatic nitrogens is 1. The third-order valence-electron chi connectivity index (χ3n) is 3.99. The van der Waals surface area contributed by atoms with Crippen molar-refractivity contribution < 1.29 is 26.2 Å². The van der Waals surface area contributed by atoms with E-state index in [1.54, 1.807) is 6.92 Å². The lowest BCUT2D eigenvalue weighted by atomic mass is 10.2. The zero-order valence-electron chi connectivity index (χ0n) is 14.6. The summed E-state index contributed by atoms with van der Waals surface area (Å²) in [6.07, 6.45) is 0. The normalized spacial score (nSPS) is 22.4. The van der Waals surface area contributed by atoms with Crippen LogP contribution < -0.4 is 4.72 Å². The molecule has 142 valence electrons. The Morgan fingerprint density at radius 3 is 2.60 bits per heavy atom. The molecule has 1 N–H and O–H groups in total. The number of carbonyl (C=O) groups is 1. The number of hydrogen-bond donors (Lipinski definition) is 1. The molecule has 0 radical (unpaired) electrons. The average Bonchev–Trinajstić information content (AvgIpc) is 2.73. The molecular formula is C14H23N3O6S2. The van der Waals surface area contributed by atoms with E-state index in [4.69, 9.17) is 4.52 Å². The Kier molecular flexibility index (Phi) is 5.59. The van der Waals surface area contributed by atoms with Gasteiger partial charge in [0.25, 0.3) is 0 Å². The number of sulfonamides is 1. The smallest absolute Gasteiger partial charge is 0.246 e. The van der Waals surface area contributed by atoms with Gasteiger partial charge in [-0.2, -0.15) is 4.72 Å². The highest BCUT2D eigenvalue weighted by molar-refractivity contribution is 7.91. The molecule has 2 atom stereocenters. The van der Waals surface area contributed by atoms with Crippen molar-refractivity contribution in [3.63, 3.8) is 0 Å². The molecule has 9 nitrogen and oxygen atoms in total. The van der Waals surface area contributed by atoms with E-state index in [0.29, 0.717) is 0 Å². The van der Waals surface area contributed by atoms with Crippen molar-refractivity contribution >= 4 is 25.8 Å². The van der Waals surface area contributed by atoms with Crippen LogP contribution in [0.5, 0.6) is 0 Å². The van der Waals surface area contributed by atoms with Gasteiger partial charge in [-0.1, -0.05) is 12.1 Å². The summed E-state index contributed by atoms with van der Waals surface area (Å²) in [5.74, 6) is -0.621. The molecule has 1 amide bonds. The van der Waals surface area contributed by atoms with Crippen molar-refractivity contribution in [2.45, 2.75) is 38.6 Å². The van der Waals surface area contributed by atoms with E-state index in [9.17, 15) is 21.6 Å². The largest absolute Gasteiger partial charge is 0.360 e. The Balaban J connectivity index is 2.15. The lowest BCUT2D eigenvalue weighted by Crippen LogP contribution is -2.48. The Bertz CT molecular complexity index is 840. The zero-order valence-corrected chi connectivity index (χ0v) is 16.3. The minimum atomic E-state index is -3.98. The van der Waals surface area contributed by atoms with E-state index in [-0.39, 0.29) is 46.9 Å². The SMILES string of the molecule is Cc1noc(C)c1S(=O)(=O)N[C@@H](C)C(=O)N1CCS(=O)(=O)CC(C)C1. The van der Waals surface area contributed by atoms with E-state index >= 15 is 0 Å². The first-order valence-electron chi connectivity index (χ1n) is 7.87. The second-order valence-corrected chi connectivity index (χ2v) is 10.4. The average molecular weight is 393 g/mol. The summed E-state index contributed by atoms with van der Waals surface area (Å²) in [4.78, 5) is 13.9.